The molecule has 8 heteroatoms. The Morgan fingerprint density at radius 3 is 2.17 bits per heavy atom. The quantitative estimate of drug-likeness (QED) is 0.408. The van der Waals surface area contributed by atoms with Crippen LogP contribution in [0.4, 0.5) is 4.79 Å². The molecular formula is C27H28N2O5S. The summed E-state index contributed by atoms with van der Waals surface area (Å²) < 4.78 is 5.48. The van der Waals surface area contributed by atoms with Crippen molar-refractivity contribution in [3.8, 4) is 11.1 Å². The monoisotopic (exact) mass is 492 g/mol. The molecule has 1 aromatic heterocycles. The number of hydrogen-bond donors (Lipinski definition) is 3. The largest absolute Gasteiger partial charge is 0.481 e. The lowest BCUT2D eigenvalue weighted by molar-refractivity contribution is -0.140. The average Bonchev–Trinajstić information content (AvgIpc) is 3.37. The van der Waals surface area contributed by atoms with Crippen molar-refractivity contribution in [2.75, 3.05) is 6.61 Å². The molecule has 0 fully saturated rings. The Bertz CT molecular complexity index is 1190. The first-order valence-electron chi connectivity index (χ1n) is 11.5. The molecule has 1 aliphatic rings. The molecule has 2 atom stereocenters. The summed E-state index contributed by atoms with van der Waals surface area (Å²) in [5, 5.41) is 14.5. The van der Waals surface area contributed by atoms with Gasteiger partial charge in [-0.1, -0.05) is 48.5 Å². The third-order valence-electron chi connectivity index (χ3n) is 6.02. The van der Waals surface area contributed by atoms with Gasteiger partial charge in [-0.25, -0.2) is 4.79 Å². The molecule has 4 rings (SSSR count). The van der Waals surface area contributed by atoms with Crippen molar-refractivity contribution in [1.82, 2.24) is 10.6 Å². The highest BCUT2D eigenvalue weighted by Crippen LogP contribution is 2.44. The number of rotatable bonds is 9. The smallest absolute Gasteiger partial charge is 0.407 e. The van der Waals surface area contributed by atoms with Gasteiger partial charge in [-0.3, -0.25) is 9.59 Å². The maximum Gasteiger partial charge on any atom is 0.407 e. The highest BCUT2D eigenvalue weighted by atomic mass is 32.1. The standard InChI is InChI=1S/C27H28N2O5S/c1-16(13-18-12-11-17(2)35-18)28-26(32)24(14-25(30)31)29-27(33)34-15-23-21-9-5-3-7-19(21)20-8-4-6-10-22(20)23/h3-12,16,23-24H,13-15H2,1-2H3,(H,28,32)(H,29,33)(H,30,31). The van der Waals surface area contributed by atoms with Gasteiger partial charge in [0.25, 0.3) is 0 Å². The van der Waals surface area contributed by atoms with Crippen LogP contribution in [0.2, 0.25) is 0 Å². The summed E-state index contributed by atoms with van der Waals surface area (Å²) in [6.07, 6.45) is -0.745. The number of ether oxygens (including phenoxy) is 1. The molecule has 0 spiro atoms. The number of carboxylic acid groups (broad SMARTS) is 1. The van der Waals surface area contributed by atoms with E-state index in [0.29, 0.717) is 6.42 Å². The first-order chi connectivity index (χ1) is 16.8. The molecule has 0 saturated carbocycles. The van der Waals surface area contributed by atoms with Gasteiger partial charge in [-0.2, -0.15) is 0 Å². The van der Waals surface area contributed by atoms with Crippen LogP contribution in [0, 0.1) is 6.92 Å². The normalized spacial score (nSPS) is 13.9. The average molecular weight is 493 g/mol. The van der Waals surface area contributed by atoms with Crippen LogP contribution in [0.3, 0.4) is 0 Å². The molecule has 2 amide bonds. The molecule has 1 heterocycles. The number of carbonyl (C=O) groups excluding carboxylic acids is 2. The van der Waals surface area contributed by atoms with Gasteiger partial charge < -0.3 is 20.5 Å². The maximum absolute atomic E-state index is 12.8. The SMILES string of the molecule is Cc1ccc(CC(C)NC(=O)C(CC(=O)O)NC(=O)OCC2c3ccccc3-c3ccccc32)s1. The number of fused-ring (bicyclic) bond motifs is 3. The van der Waals surface area contributed by atoms with Gasteiger partial charge >= 0.3 is 12.1 Å². The third kappa shape index (κ3) is 5.89. The van der Waals surface area contributed by atoms with Gasteiger partial charge in [0.15, 0.2) is 0 Å². The minimum atomic E-state index is -1.24. The number of aliphatic carboxylic acids is 1. The number of alkyl carbamates (subject to hydrolysis) is 1. The van der Waals surface area contributed by atoms with Gasteiger partial charge in [0, 0.05) is 28.1 Å². The zero-order valence-corrected chi connectivity index (χ0v) is 20.4. The third-order valence-corrected chi connectivity index (χ3v) is 7.05. The van der Waals surface area contributed by atoms with Crippen LogP contribution in [0.25, 0.3) is 11.1 Å². The van der Waals surface area contributed by atoms with Crippen LogP contribution in [-0.4, -0.2) is 41.8 Å². The van der Waals surface area contributed by atoms with Crippen LogP contribution >= 0.6 is 11.3 Å². The number of carboxylic acids is 1. The second-order valence-electron chi connectivity index (χ2n) is 8.75. The molecule has 35 heavy (non-hydrogen) atoms. The molecule has 0 radical (unpaired) electrons. The number of amides is 2. The number of aryl methyl sites for hydroxylation is 1. The molecule has 3 N–H and O–H groups in total. The lowest BCUT2D eigenvalue weighted by atomic mass is 9.98. The minimum Gasteiger partial charge on any atom is -0.481 e. The highest BCUT2D eigenvalue weighted by Gasteiger charge is 2.30. The number of benzene rings is 2. The van der Waals surface area contributed by atoms with Crippen molar-refractivity contribution in [2.24, 2.45) is 0 Å². The Hall–Kier alpha value is -3.65. The van der Waals surface area contributed by atoms with Gasteiger partial charge in [-0.05, 0) is 48.2 Å². The predicted molar refractivity (Wildman–Crippen MR) is 135 cm³/mol. The summed E-state index contributed by atoms with van der Waals surface area (Å²) in [5.41, 5.74) is 4.35. The Morgan fingerprint density at radius 1 is 0.971 bits per heavy atom. The van der Waals surface area contributed by atoms with Crippen molar-refractivity contribution in [3.05, 3.63) is 81.5 Å². The van der Waals surface area contributed by atoms with Crippen molar-refractivity contribution >= 4 is 29.3 Å². The van der Waals surface area contributed by atoms with Crippen LogP contribution in [-0.2, 0) is 20.7 Å². The van der Waals surface area contributed by atoms with E-state index in [1.807, 2.05) is 74.5 Å². The van der Waals surface area contributed by atoms with Crippen molar-refractivity contribution in [2.45, 2.75) is 44.7 Å². The zero-order valence-electron chi connectivity index (χ0n) is 19.6. The maximum atomic E-state index is 12.8. The fourth-order valence-corrected chi connectivity index (χ4v) is 5.48. The molecule has 7 nitrogen and oxygen atoms in total. The Balaban J connectivity index is 1.37. The zero-order chi connectivity index (χ0) is 24.9. The number of carbonyl (C=O) groups is 3. The molecule has 2 aromatic carbocycles. The van der Waals surface area contributed by atoms with Crippen LogP contribution in [0.5, 0.6) is 0 Å². The van der Waals surface area contributed by atoms with E-state index in [1.165, 1.54) is 4.88 Å². The number of thiophene rings is 1. The molecular weight excluding hydrogens is 464 g/mol. The molecule has 3 aromatic rings. The van der Waals surface area contributed by atoms with E-state index >= 15 is 0 Å². The fourth-order valence-electron chi connectivity index (χ4n) is 4.46. The van der Waals surface area contributed by atoms with Gasteiger partial charge in [-0.15, -0.1) is 11.3 Å². The Kier molecular flexibility index (Phi) is 7.51. The number of hydrogen-bond acceptors (Lipinski definition) is 5. The second-order valence-corrected chi connectivity index (χ2v) is 10.1. The highest BCUT2D eigenvalue weighted by molar-refractivity contribution is 7.11. The van der Waals surface area contributed by atoms with Crippen LogP contribution in [0.15, 0.2) is 60.7 Å². The fraction of sp³-hybridized carbons (Fsp3) is 0.296. The predicted octanol–water partition coefficient (Wildman–Crippen LogP) is 4.49. The number of nitrogens with one attached hydrogen (secondary N) is 2. The van der Waals surface area contributed by atoms with E-state index in [-0.39, 0.29) is 18.6 Å². The van der Waals surface area contributed by atoms with E-state index in [4.69, 9.17) is 4.74 Å². The summed E-state index contributed by atoms with van der Waals surface area (Å²) in [4.78, 5) is 39.0. The lowest BCUT2D eigenvalue weighted by Gasteiger charge is -2.21. The van der Waals surface area contributed by atoms with Crippen LogP contribution in [0.1, 0.15) is 40.1 Å². The molecule has 1 aliphatic carbocycles. The molecule has 2 unspecified atom stereocenters. The Morgan fingerprint density at radius 2 is 1.60 bits per heavy atom. The van der Waals surface area contributed by atoms with E-state index < -0.39 is 30.4 Å². The van der Waals surface area contributed by atoms with Crippen molar-refractivity contribution in [1.29, 1.82) is 0 Å². The second kappa shape index (κ2) is 10.7. The molecule has 0 bridgehead atoms. The van der Waals surface area contributed by atoms with Crippen LogP contribution < -0.4 is 10.6 Å². The first kappa shape index (κ1) is 24.5. The van der Waals surface area contributed by atoms with Gasteiger partial charge in [0.05, 0.1) is 6.42 Å². The van der Waals surface area contributed by atoms with E-state index in [0.717, 1.165) is 27.1 Å². The summed E-state index contributed by atoms with van der Waals surface area (Å²) in [6.45, 7) is 3.94. The van der Waals surface area contributed by atoms with Crippen molar-refractivity contribution in [3.63, 3.8) is 0 Å². The summed E-state index contributed by atoms with van der Waals surface area (Å²) in [7, 11) is 0. The van der Waals surface area contributed by atoms with Gasteiger partial charge in [0.2, 0.25) is 5.91 Å². The van der Waals surface area contributed by atoms with Gasteiger partial charge in [0.1, 0.15) is 12.6 Å². The molecule has 182 valence electrons. The van der Waals surface area contributed by atoms with Crippen molar-refractivity contribution < 1.29 is 24.2 Å². The molecule has 0 saturated heterocycles. The van der Waals surface area contributed by atoms with E-state index in [1.54, 1.807) is 11.3 Å². The van der Waals surface area contributed by atoms with E-state index in [2.05, 4.69) is 10.6 Å². The summed E-state index contributed by atoms with van der Waals surface area (Å²) >= 11 is 1.65. The summed E-state index contributed by atoms with van der Waals surface area (Å²) in [6, 6.07) is 18.5. The topological polar surface area (TPSA) is 105 Å². The first-order valence-corrected chi connectivity index (χ1v) is 12.3. The van der Waals surface area contributed by atoms with E-state index in [9.17, 15) is 19.5 Å². The Labute approximate surface area is 208 Å². The lowest BCUT2D eigenvalue weighted by Crippen LogP contribution is -2.50. The minimum absolute atomic E-state index is 0.0788. The summed E-state index contributed by atoms with van der Waals surface area (Å²) in [5.74, 6) is -1.87. The molecule has 0 aliphatic heterocycles.